The van der Waals surface area contributed by atoms with Gasteiger partial charge in [-0.2, -0.15) is 0 Å². The monoisotopic (exact) mass is 398 g/mol. The molecule has 0 aliphatic heterocycles. The molecule has 0 aliphatic rings. The Morgan fingerprint density at radius 2 is 1.82 bits per heavy atom. The second-order valence-electron chi connectivity index (χ2n) is 6.46. The van der Waals surface area contributed by atoms with Crippen LogP contribution in [0.2, 0.25) is 0 Å². The van der Waals surface area contributed by atoms with E-state index in [0.717, 1.165) is 16.8 Å². The highest BCUT2D eigenvalue weighted by Crippen LogP contribution is 2.15. The summed E-state index contributed by atoms with van der Waals surface area (Å²) in [5.41, 5.74) is 3.50. The van der Waals surface area contributed by atoms with Gasteiger partial charge in [0.1, 0.15) is 0 Å². The maximum Gasteiger partial charge on any atom is 0.240 e. The molecule has 2 aromatic carbocycles. The molecule has 0 aliphatic carbocycles. The first-order valence-electron chi connectivity index (χ1n) is 8.80. The fourth-order valence-corrected chi connectivity index (χ4v) is 3.73. The highest BCUT2D eigenvalue weighted by Gasteiger charge is 2.15. The summed E-state index contributed by atoms with van der Waals surface area (Å²) in [4.78, 5) is 16.3. The Bertz CT molecular complexity index is 1060. The minimum absolute atomic E-state index is 0.0220. The van der Waals surface area contributed by atoms with Crippen molar-refractivity contribution in [2.45, 2.75) is 25.2 Å². The third kappa shape index (κ3) is 4.85. The number of imidazole rings is 1. The summed E-state index contributed by atoms with van der Waals surface area (Å²) < 4.78 is 29.0. The van der Waals surface area contributed by atoms with Crippen LogP contribution in [0.4, 0.5) is 5.69 Å². The average Bonchev–Trinajstić information content (AvgIpc) is 3.19. The molecule has 0 saturated heterocycles. The second-order valence-corrected chi connectivity index (χ2v) is 8.23. The molecule has 0 radical (unpaired) electrons. The molecule has 3 aromatic rings. The van der Waals surface area contributed by atoms with E-state index in [-0.39, 0.29) is 23.8 Å². The zero-order valence-corrected chi connectivity index (χ0v) is 16.5. The predicted molar refractivity (Wildman–Crippen MR) is 108 cm³/mol. The Kier molecular flexibility index (Phi) is 5.91. The summed E-state index contributed by atoms with van der Waals surface area (Å²) in [6, 6.07) is 12.2. The van der Waals surface area contributed by atoms with Gasteiger partial charge in [0, 0.05) is 36.7 Å². The Labute approximate surface area is 164 Å². The standard InChI is InChI=1S/C20H22N4O3S/c1-15-3-8-19(13-16(15)2)28(26,27)22-10-9-20(25)23-17-4-6-18(7-5-17)24-12-11-21-14-24/h3-8,11-14,22H,9-10H2,1-2H3,(H,23,25). The van der Waals surface area contributed by atoms with Gasteiger partial charge < -0.3 is 9.88 Å². The van der Waals surface area contributed by atoms with Crippen molar-refractivity contribution in [1.29, 1.82) is 0 Å². The molecule has 2 N–H and O–H groups in total. The smallest absolute Gasteiger partial charge is 0.240 e. The van der Waals surface area contributed by atoms with Crippen molar-refractivity contribution < 1.29 is 13.2 Å². The number of sulfonamides is 1. The number of anilines is 1. The van der Waals surface area contributed by atoms with Crippen LogP contribution in [0.5, 0.6) is 0 Å². The van der Waals surface area contributed by atoms with E-state index in [1.165, 1.54) is 0 Å². The van der Waals surface area contributed by atoms with E-state index >= 15 is 0 Å². The van der Waals surface area contributed by atoms with Crippen LogP contribution in [0.3, 0.4) is 0 Å². The molecule has 0 atom stereocenters. The molecular weight excluding hydrogens is 376 g/mol. The lowest BCUT2D eigenvalue weighted by Gasteiger charge is -2.09. The van der Waals surface area contributed by atoms with E-state index < -0.39 is 10.0 Å². The summed E-state index contributed by atoms with van der Waals surface area (Å²) >= 11 is 0. The number of amides is 1. The molecule has 28 heavy (non-hydrogen) atoms. The number of carbonyl (C=O) groups is 1. The first-order valence-corrected chi connectivity index (χ1v) is 10.3. The van der Waals surface area contributed by atoms with Crippen molar-refractivity contribution in [3.63, 3.8) is 0 Å². The summed E-state index contributed by atoms with van der Waals surface area (Å²) in [6.07, 6.45) is 5.24. The lowest BCUT2D eigenvalue weighted by Crippen LogP contribution is -2.28. The van der Waals surface area contributed by atoms with E-state index in [1.807, 2.05) is 36.7 Å². The second kappa shape index (κ2) is 8.37. The number of carbonyl (C=O) groups excluding carboxylic acids is 1. The van der Waals surface area contributed by atoms with E-state index in [1.54, 1.807) is 42.9 Å². The van der Waals surface area contributed by atoms with E-state index in [9.17, 15) is 13.2 Å². The van der Waals surface area contributed by atoms with Gasteiger partial charge in [0.15, 0.2) is 0 Å². The van der Waals surface area contributed by atoms with Crippen LogP contribution in [0.25, 0.3) is 5.69 Å². The molecule has 0 saturated carbocycles. The van der Waals surface area contributed by atoms with Crippen molar-refractivity contribution in [2.75, 3.05) is 11.9 Å². The van der Waals surface area contributed by atoms with Gasteiger partial charge in [-0.05, 0) is 61.4 Å². The summed E-state index contributed by atoms with van der Waals surface area (Å²) in [5.74, 6) is -0.266. The third-order valence-corrected chi connectivity index (χ3v) is 5.85. The number of hydrogen-bond acceptors (Lipinski definition) is 4. The van der Waals surface area contributed by atoms with Crippen LogP contribution in [0, 0.1) is 13.8 Å². The number of nitrogens with zero attached hydrogens (tertiary/aromatic N) is 2. The zero-order valence-electron chi connectivity index (χ0n) is 15.7. The van der Waals surface area contributed by atoms with Gasteiger partial charge in [-0.3, -0.25) is 4.79 Å². The summed E-state index contributed by atoms with van der Waals surface area (Å²) in [5, 5.41) is 2.76. The Morgan fingerprint density at radius 1 is 1.07 bits per heavy atom. The molecule has 1 amide bonds. The number of aromatic nitrogens is 2. The molecular formula is C20H22N4O3S. The van der Waals surface area contributed by atoms with E-state index in [4.69, 9.17) is 0 Å². The molecule has 1 aromatic heterocycles. The van der Waals surface area contributed by atoms with Crippen molar-refractivity contribution in [3.8, 4) is 5.69 Å². The Balaban J connectivity index is 1.52. The molecule has 0 bridgehead atoms. The van der Waals surface area contributed by atoms with E-state index in [2.05, 4.69) is 15.0 Å². The van der Waals surface area contributed by atoms with Crippen molar-refractivity contribution in [1.82, 2.24) is 14.3 Å². The van der Waals surface area contributed by atoms with Gasteiger partial charge >= 0.3 is 0 Å². The van der Waals surface area contributed by atoms with Crippen LogP contribution in [-0.4, -0.2) is 30.4 Å². The Morgan fingerprint density at radius 3 is 2.46 bits per heavy atom. The summed E-state index contributed by atoms with van der Waals surface area (Å²) in [6.45, 7) is 3.81. The molecule has 1 heterocycles. The van der Waals surface area contributed by atoms with Crippen LogP contribution in [0.1, 0.15) is 17.5 Å². The highest BCUT2D eigenvalue weighted by atomic mass is 32.2. The highest BCUT2D eigenvalue weighted by molar-refractivity contribution is 7.89. The predicted octanol–water partition coefficient (Wildman–Crippen LogP) is 2.80. The van der Waals surface area contributed by atoms with Gasteiger partial charge in [-0.1, -0.05) is 6.07 Å². The van der Waals surface area contributed by atoms with Crippen LogP contribution in [0.15, 0.2) is 66.1 Å². The third-order valence-electron chi connectivity index (χ3n) is 4.39. The molecule has 7 nitrogen and oxygen atoms in total. The lowest BCUT2D eigenvalue weighted by atomic mass is 10.1. The molecule has 0 spiro atoms. The van der Waals surface area contributed by atoms with Crippen LogP contribution < -0.4 is 10.0 Å². The topological polar surface area (TPSA) is 93.1 Å². The zero-order chi connectivity index (χ0) is 20.1. The largest absolute Gasteiger partial charge is 0.326 e. The Hall–Kier alpha value is -2.97. The van der Waals surface area contributed by atoms with Crippen molar-refractivity contribution in [2.24, 2.45) is 0 Å². The van der Waals surface area contributed by atoms with Crippen molar-refractivity contribution in [3.05, 3.63) is 72.3 Å². The molecule has 0 fully saturated rings. The van der Waals surface area contributed by atoms with Gasteiger partial charge in [-0.25, -0.2) is 18.1 Å². The van der Waals surface area contributed by atoms with Gasteiger partial charge in [-0.15, -0.1) is 0 Å². The number of benzene rings is 2. The molecule has 0 unspecified atom stereocenters. The number of nitrogens with one attached hydrogen (secondary N) is 2. The maximum atomic E-state index is 12.3. The normalized spacial score (nSPS) is 11.4. The molecule has 3 rings (SSSR count). The average molecular weight is 398 g/mol. The van der Waals surface area contributed by atoms with Gasteiger partial charge in [0.05, 0.1) is 11.2 Å². The lowest BCUT2D eigenvalue weighted by molar-refractivity contribution is -0.116. The van der Waals surface area contributed by atoms with Crippen molar-refractivity contribution >= 4 is 21.6 Å². The number of rotatable bonds is 7. The quantitative estimate of drug-likeness (QED) is 0.640. The first kappa shape index (κ1) is 19.8. The maximum absolute atomic E-state index is 12.3. The fourth-order valence-electron chi connectivity index (χ4n) is 2.62. The fraction of sp³-hybridized carbons (Fsp3) is 0.200. The molecule has 146 valence electrons. The number of hydrogen-bond donors (Lipinski definition) is 2. The molecule has 8 heteroatoms. The summed E-state index contributed by atoms with van der Waals surface area (Å²) in [7, 11) is -3.64. The van der Waals surface area contributed by atoms with Crippen LogP contribution >= 0.6 is 0 Å². The minimum Gasteiger partial charge on any atom is -0.326 e. The number of aryl methyl sites for hydroxylation is 2. The van der Waals surface area contributed by atoms with Gasteiger partial charge in [0.25, 0.3) is 0 Å². The van der Waals surface area contributed by atoms with Gasteiger partial charge in [0.2, 0.25) is 15.9 Å². The van der Waals surface area contributed by atoms with Crippen LogP contribution in [-0.2, 0) is 14.8 Å². The first-order chi connectivity index (χ1) is 13.3. The van der Waals surface area contributed by atoms with E-state index in [0.29, 0.717) is 5.69 Å². The SMILES string of the molecule is Cc1ccc(S(=O)(=O)NCCC(=O)Nc2ccc(-n3ccnc3)cc2)cc1C. The minimum atomic E-state index is -3.64.